The third kappa shape index (κ3) is 4.28. The predicted molar refractivity (Wildman–Crippen MR) is 83.8 cm³/mol. The van der Waals surface area contributed by atoms with Gasteiger partial charge in [-0.3, -0.25) is 0 Å². The van der Waals surface area contributed by atoms with Gasteiger partial charge in [-0.2, -0.15) is 0 Å². The molecule has 0 bridgehead atoms. The molecule has 0 saturated heterocycles. The second kappa shape index (κ2) is 6.46. The van der Waals surface area contributed by atoms with Crippen molar-refractivity contribution in [2.45, 2.75) is 50.8 Å². The molecule has 118 valence electrons. The zero-order valence-electron chi connectivity index (χ0n) is 12.9. The summed E-state index contributed by atoms with van der Waals surface area (Å²) in [6, 6.07) is 5.44. The van der Waals surface area contributed by atoms with Crippen LogP contribution in [-0.4, -0.2) is 26.7 Å². The fraction of sp³-hybridized carbons (Fsp3) is 0.625. The van der Waals surface area contributed by atoms with Crippen LogP contribution >= 0.6 is 0 Å². The molecule has 5 heteroatoms. The van der Waals surface area contributed by atoms with E-state index in [1.807, 2.05) is 26.0 Å². The second-order valence-electron chi connectivity index (χ2n) is 6.61. The lowest BCUT2D eigenvalue weighted by atomic mass is 9.89. The van der Waals surface area contributed by atoms with Crippen molar-refractivity contribution in [3.8, 4) is 0 Å². The third-order valence-electron chi connectivity index (χ3n) is 4.13. The van der Waals surface area contributed by atoms with Gasteiger partial charge < -0.3 is 5.11 Å². The molecule has 1 aliphatic carbocycles. The molecule has 0 unspecified atom stereocenters. The summed E-state index contributed by atoms with van der Waals surface area (Å²) in [5, 5.41) is 9.18. The highest BCUT2D eigenvalue weighted by molar-refractivity contribution is 7.89. The molecule has 4 nitrogen and oxygen atoms in total. The highest BCUT2D eigenvalue weighted by atomic mass is 32.2. The van der Waals surface area contributed by atoms with Gasteiger partial charge in [-0.25, -0.2) is 13.1 Å². The van der Waals surface area contributed by atoms with Crippen molar-refractivity contribution in [1.29, 1.82) is 0 Å². The molecule has 0 heterocycles. The Morgan fingerprint density at radius 1 is 1.24 bits per heavy atom. The van der Waals surface area contributed by atoms with Crippen LogP contribution in [-0.2, 0) is 22.9 Å². The van der Waals surface area contributed by atoms with Crippen LogP contribution in [0.3, 0.4) is 0 Å². The van der Waals surface area contributed by atoms with E-state index in [1.54, 1.807) is 6.07 Å². The molecule has 21 heavy (non-hydrogen) atoms. The quantitative estimate of drug-likeness (QED) is 0.759. The Labute approximate surface area is 127 Å². The lowest BCUT2D eigenvalue weighted by Gasteiger charge is -2.21. The van der Waals surface area contributed by atoms with Gasteiger partial charge in [0.15, 0.2) is 0 Å². The third-order valence-corrected chi connectivity index (χ3v) is 5.59. The van der Waals surface area contributed by atoms with Crippen LogP contribution in [0.2, 0.25) is 0 Å². The number of aliphatic hydroxyl groups is 1. The maximum atomic E-state index is 12.3. The minimum Gasteiger partial charge on any atom is -0.396 e. The molecule has 0 saturated carbocycles. The molecule has 0 amide bonds. The summed E-state index contributed by atoms with van der Waals surface area (Å²) in [5.41, 5.74) is 2.29. The monoisotopic (exact) mass is 311 g/mol. The molecule has 0 spiro atoms. The summed E-state index contributed by atoms with van der Waals surface area (Å²) < 4.78 is 27.2. The van der Waals surface area contributed by atoms with E-state index in [0.717, 1.165) is 32.1 Å². The van der Waals surface area contributed by atoms with Crippen LogP contribution in [0.5, 0.6) is 0 Å². The zero-order valence-corrected chi connectivity index (χ0v) is 13.7. The van der Waals surface area contributed by atoms with Gasteiger partial charge in [0.25, 0.3) is 0 Å². The standard InChI is InChI=1S/C16H25NO3S/c1-16(2,12-18)9-4-10-17-21(19,20)15-8-7-13-5-3-6-14(13)11-15/h7-8,11,17-18H,3-6,9-10,12H2,1-2H3. The number of aliphatic hydroxyl groups excluding tert-OH is 1. The number of sulfonamides is 1. The highest BCUT2D eigenvalue weighted by Crippen LogP contribution is 2.25. The number of fused-ring (bicyclic) bond motifs is 1. The number of hydrogen-bond donors (Lipinski definition) is 2. The van der Waals surface area contributed by atoms with Crippen LogP contribution < -0.4 is 4.72 Å². The average Bonchev–Trinajstić information content (AvgIpc) is 2.91. The minimum atomic E-state index is -3.42. The summed E-state index contributed by atoms with van der Waals surface area (Å²) in [6.45, 7) is 4.47. The second-order valence-corrected chi connectivity index (χ2v) is 8.37. The van der Waals surface area contributed by atoms with E-state index >= 15 is 0 Å². The number of hydrogen-bond acceptors (Lipinski definition) is 3. The fourth-order valence-electron chi connectivity index (χ4n) is 2.65. The Kier molecular flexibility index (Phi) is 5.07. The predicted octanol–water partition coefficient (Wildman–Crippen LogP) is 2.25. The number of benzene rings is 1. The van der Waals surface area contributed by atoms with Gasteiger partial charge in [0.1, 0.15) is 0 Å². The van der Waals surface area contributed by atoms with Crippen LogP contribution in [0, 0.1) is 5.41 Å². The molecule has 0 radical (unpaired) electrons. The van der Waals surface area contributed by atoms with E-state index < -0.39 is 10.0 Å². The molecular formula is C16H25NO3S. The highest BCUT2D eigenvalue weighted by Gasteiger charge is 2.19. The summed E-state index contributed by atoms with van der Waals surface area (Å²) in [6.07, 6.45) is 4.65. The topological polar surface area (TPSA) is 66.4 Å². The smallest absolute Gasteiger partial charge is 0.240 e. The Bertz CT molecular complexity index is 594. The molecule has 2 rings (SSSR count). The molecule has 1 aliphatic rings. The summed E-state index contributed by atoms with van der Waals surface area (Å²) >= 11 is 0. The van der Waals surface area contributed by atoms with Crippen LogP contribution in [0.1, 0.15) is 44.2 Å². The first-order valence-electron chi connectivity index (χ1n) is 7.56. The number of aryl methyl sites for hydroxylation is 2. The first-order chi connectivity index (χ1) is 9.84. The normalized spacial score (nSPS) is 15.2. The molecule has 0 aromatic heterocycles. The van der Waals surface area contributed by atoms with E-state index in [4.69, 9.17) is 0 Å². The van der Waals surface area contributed by atoms with Crippen molar-refractivity contribution >= 4 is 10.0 Å². The lowest BCUT2D eigenvalue weighted by molar-refractivity contribution is 0.148. The van der Waals surface area contributed by atoms with Gasteiger partial charge in [-0.15, -0.1) is 0 Å². The van der Waals surface area contributed by atoms with Gasteiger partial charge in [-0.05, 0) is 60.8 Å². The average molecular weight is 311 g/mol. The van der Waals surface area contributed by atoms with Crippen molar-refractivity contribution in [2.75, 3.05) is 13.2 Å². The summed E-state index contributed by atoms with van der Waals surface area (Å²) in [4.78, 5) is 0.365. The van der Waals surface area contributed by atoms with E-state index in [1.165, 1.54) is 11.1 Å². The summed E-state index contributed by atoms with van der Waals surface area (Å²) in [7, 11) is -3.42. The van der Waals surface area contributed by atoms with Gasteiger partial charge >= 0.3 is 0 Å². The van der Waals surface area contributed by atoms with Crippen LogP contribution in [0.4, 0.5) is 0 Å². The van der Waals surface area contributed by atoms with Crippen molar-refractivity contribution in [3.05, 3.63) is 29.3 Å². The maximum absolute atomic E-state index is 12.3. The van der Waals surface area contributed by atoms with E-state index in [2.05, 4.69) is 4.72 Å². The molecule has 0 aliphatic heterocycles. The van der Waals surface area contributed by atoms with Gasteiger partial charge in [0.2, 0.25) is 10.0 Å². The van der Waals surface area contributed by atoms with Gasteiger partial charge in [0.05, 0.1) is 4.90 Å². The van der Waals surface area contributed by atoms with Gasteiger partial charge in [-0.1, -0.05) is 19.9 Å². The molecule has 1 aromatic rings. The molecule has 1 aromatic carbocycles. The van der Waals surface area contributed by atoms with Crippen molar-refractivity contribution < 1.29 is 13.5 Å². The first-order valence-corrected chi connectivity index (χ1v) is 9.05. The maximum Gasteiger partial charge on any atom is 0.240 e. The van der Waals surface area contributed by atoms with Gasteiger partial charge in [0, 0.05) is 13.2 Å². The van der Waals surface area contributed by atoms with E-state index in [9.17, 15) is 13.5 Å². The van der Waals surface area contributed by atoms with Crippen molar-refractivity contribution in [2.24, 2.45) is 5.41 Å². The van der Waals surface area contributed by atoms with E-state index in [0.29, 0.717) is 11.4 Å². The van der Waals surface area contributed by atoms with Crippen LogP contribution in [0.25, 0.3) is 0 Å². The largest absolute Gasteiger partial charge is 0.396 e. The Balaban J connectivity index is 1.93. The number of nitrogens with one attached hydrogen (secondary N) is 1. The number of rotatable bonds is 7. The molecular weight excluding hydrogens is 286 g/mol. The SMILES string of the molecule is CC(C)(CO)CCCNS(=O)(=O)c1ccc2c(c1)CCC2. The molecule has 0 fully saturated rings. The summed E-state index contributed by atoms with van der Waals surface area (Å²) in [5.74, 6) is 0. The molecule has 2 N–H and O–H groups in total. The minimum absolute atomic E-state index is 0.116. The van der Waals surface area contributed by atoms with Crippen LogP contribution in [0.15, 0.2) is 23.1 Å². The Hall–Kier alpha value is -0.910. The Morgan fingerprint density at radius 3 is 2.67 bits per heavy atom. The van der Waals surface area contributed by atoms with E-state index in [-0.39, 0.29) is 12.0 Å². The fourth-order valence-corrected chi connectivity index (χ4v) is 3.78. The van der Waals surface area contributed by atoms with Crippen molar-refractivity contribution in [3.63, 3.8) is 0 Å². The molecule has 0 atom stereocenters. The van der Waals surface area contributed by atoms with Crippen molar-refractivity contribution in [1.82, 2.24) is 4.72 Å². The zero-order chi connectivity index (χ0) is 15.5. The Morgan fingerprint density at radius 2 is 1.95 bits per heavy atom. The lowest BCUT2D eigenvalue weighted by Crippen LogP contribution is -2.26. The first kappa shape index (κ1) is 16.5.